The van der Waals surface area contributed by atoms with Gasteiger partial charge in [-0.15, -0.1) is 0 Å². The lowest BCUT2D eigenvalue weighted by Gasteiger charge is -2.16. The molecule has 21 heavy (non-hydrogen) atoms. The zero-order valence-electron chi connectivity index (χ0n) is 12.1. The van der Waals surface area contributed by atoms with Crippen LogP contribution in [0.4, 0.5) is 0 Å². The lowest BCUT2D eigenvalue weighted by molar-refractivity contribution is -0.131. The van der Waals surface area contributed by atoms with E-state index in [1.807, 2.05) is 0 Å². The van der Waals surface area contributed by atoms with Gasteiger partial charge in [-0.2, -0.15) is 0 Å². The lowest BCUT2D eigenvalue weighted by atomic mass is 10.1. The second-order valence-electron chi connectivity index (χ2n) is 5.44. The Kier molecular flexibility index (Phi) is 5.09. The van der Waals surface area contributed by atoms with Gasteiger partial charge in [0.25, 0.3) is 5.91 Å². The Morgan fingerprint density at radius 2 is 2.24 bits per heavy atom. The molecule has 2 N–H and O–H groups in total. The van der Waals surface area contributed by atoms with Gasteiger partial charge in [-0.05, 0) is 36.5 Å². The summed E-state index contributed by atoms with van der Waals surface area (Å²) in [6.45, 7) is 2.07. The molecule has 5 heteroatoms. The Morgan fingerprint density at radius 3 is 2.86 bits per heavy atom. The molecule has 2 rings (SSSR count). The van der Waals surface area contributed by atoms with E-state index in [1.165, 1.54) is 31.3 Å². The summed E-state index contributed by atoms with van der Waals surface area (Å²) in [5.74, 6) is -0.417. The molecule has 0 aliphatic heterocycles. The van der Waals surface area contributed by atoms with E-state index >= 15 is 0 Å². The van der Waals surface area contributed by atoms with Crippen molar-refractivity contribution in [2.45, 2.75) is 38.6 Å². The molecule has 1 aliphatic carbocycles. The third-order valence-electron chi connectivity index (χ3n) is 3.58. The van der Waals surface area contributed by atoms with Crippen LogP contribution in [0.15, 0.2) is 24.5 Å². The van der Waals surface area contributed by atoms with Crippen LogP contribution in [0.1, 0.15) is 48.5 Å². The number of pyridine rings is 1. The number of carbonyl (C=O) groups excluding carboxylic acids is 1. The summed E-state index contributed by atoms with van der Waals surface area (Å²) in [7, 11) is 0. The Balaban J connectivity index is 2.00. The van der Waals surface area contributed by atoms with E-state index in [2.05, 4.69) is 17.2 Å². The van der Waals surface area contributed by atoms with E-state index in [0.29, 0.717) is 11.1 Å². The SMILES string of the molecule is CCC(CC1CC1)NC(=O)c1cncc(C=CC(=O)O)c1. The van der Waals surface area contributed by atoms with Crippen LogP contribution in [0.5, 0.6) is 0 Å². The van der Waals surface area contributed by atoms with Crippen molar-refractivity contribution in [3.63, 3.8) is 0 Å². The fourth-order valence-corrected chi connectivity index (χ4v) is 2.19. The van der Waals surface area contributed by atoms with E-state index in [0.717, 1.165) is 24.8 Å². The van der Waals surface area contributed by atoms with Gasteiger partial charge >= 0.3 is 5.97 Å². The molecule has 1 aromatic heterocycles. The van der Waals surface area contributed by atoms with Gasteiger partial charge in [0.05, 0.1) is 5.56 Å². The molecule has 1 amide bonds. The van der Waals surface area contributed by atoms with Gasteiger partial charge in [0, 0.05) is 24.5 Å². The maximum Gasteiger partial charge on any atom is 0.328 e. The summed E-state index contributed by atoms with van der Waals surface area (Å²) >= 11 is 0. The van der Waals surface area contributed by atoms with Crippen LogP contribution in [0, 0.1) is 5.92 Å². The van der Waals surface area contributed by atoms with Crippen LogP contribution in [-0.2, 0) is 4.79 Å². The summed E-state index contributed by atoms with van der Waals surface area (Å²) in [4.78, 5) is 26.7. The minimum Gasteiger partial charge on any atom is -0.478 e. The van der Waals surface area contributed by atoms with Gasteiger partial charge in [-0.3, -0.25) is 9.78 Å². The normalized spacial score (nSPS) is 15.9. The van der Waals surface area contributed by atoms with Gasteiger partial charge in [-0.1, -0.05) is 19.8 Å². The predicted octanol–water partition coefficient (Wildman–Crippen LogP) is 2.49. The molecule has 1 saturated carbocycles. The summed E-state index contributed by atoms with van der Waals surface area (Å²) < 4.78 is 0. The van der Waals surface area contributed by atoms with E-state index in [4.69, 9.17) is 5.11 Å². The summed E-state index contributed by atoms with van der Waals surface area (Å²) in [5, 5.41) is 11.6. The number of hydrogen-bond donors (Lipinski definition) is 2. The van der Waals surface area contributed by atoms with Crippen molar-refractivity contribution < 1.29 is 14.7 Å². The van der Waals surface area contributed by atoms with Crippen molar-refractivity contribution in [1.82, 2.24) is 10.3 Å². The molecule has 1 heterocycles. The minimum atomic E-state index is -1.03. The largest absolute Gasteiger partial charge is 0.478 e. The van der Waals surface area contributed by atoms with Gasteiger partial charge in [0.15, 0.2) is 0 Å². The number of hydrogen-bond acceptors (Lipinski definition) is 3. The van der Waals surface area contributed by atoms with Crippen LogP contribution >= 0.6 is 0 Å². The summed E-state index contributed by atoms with van der Waals surface area (Å²) in [6.07, 6.45) is 9.96. The molecular formula is C16H20N2O3. The molecule has 0 aromatic carbocycles. The van der Waals surface area contributed by atoms with Crippen LogP contribution in [-0.4, -0.2) is 28.0 Å². The highest BCUT2D eigenvalue weighted by Crippen LogP contribution is 2.34. The number of nitrogens with zero attached hydrogens (tertiary/aromatic N) is 1. The monoisotopic (exact) mass is 288 g/mol. The lowest BCUT2D eigenvalue weighted by Crippen LogP contribution is -2.34. The number of aliphatic carboxylic acids is 1. The first kappa shape index (κ1) is 15.2. The number of carboxylic acids is 1. The van der Waals surface area contributed by atoms with Crippen molar-refractivity contribution in [3.05, 3.63) is 35.7 Å². The Bertz CT molecular complexity index is 550. The summed E-state index contributed by atoms with van der Waals surface area (Å²) in [6, 6.07) is 1.84. The number of nitrogens with one attached hydrogen (secondary N) is 1. The maximum absolute atomic E-state index is 12.2. The molecule has 0 bridgehead atoms. The highest BCUT2D eigenvalue weighted by molar-refractivity contribution is 5.95. The third kappa shape index (κ3) is 5.02. The van der Waals surface area contributed by atoms with E-state index < -0.39 is 5.97 Å². The fraction of sp³-hybridized carbons (Fsp3) is 0.438. The van der Waals surface area contributed by atoms with Gasteiger partial charge in [-0.25, -0.2) is 4.79 Å². The molecule has 0 radical (unpaired) electrons. The van der Waals surface area contributed by atoms with Gasteiger partial charge in [0.2, 0.25) is 0 Å². The number of amides is 1. The summed E-state index contributed by atoms with van der Waals surface area (Å²) in [5.41, 5.74) is 1.05. The second-order valence-corrected chi connectivity index (χ2v) is 5.44. The molecule has 1 aliphatic rings. The number of carbonyl (C=O) groups is 2. The van der Waals surface area contributed by atoms with E-state index in [1.54, 1.807) is 6.07 Å². The third-order valence-corrected chi connectivity index (χ3v) is 3.58. The first-order valence-corrected chi connectivity index (χ1v) is 7.25. The Labute approximate surface area is 124 Å². The van der Waals surface area contributed by atoms with Crippen LogP contribution in [0.25, 0.3) is 6.08 Å². The molecule has 0 saturated heterocycles. The molecule has 1 atom stereocenters. The molecular weight excluding hydrogens is 268 g/mol. The van der Waals surface area contributed by atoms with Crippen LogP contribution in [0.2, 0.25) is 0 Å². The molecule has 1 aromatic rings. The molecule has 0 spiro atoms. The molecule has 5 nitrogen and oxygen atoms in total. The Morgan fingerprint density at radius 1 is 1.48 bits per heavy atom. The standard InChI is InChI=1S/C16H20N2O3/c1-2-14(8-11-3-4-11)18-16(21)13-7-12(9-17-10-13)5-6-15(19)20/h5-7,9-11,14H,2-4,8H2,1H3,(H,18,21)(H,19,20). The smallest absolute Gasteiger partial charge is 0.328 e. The average Bonchev–Trinajstić information content (AvgIpc) is 3.28. The first-order chi connectivity index (χ1) is 10.1. The number of carboxylic acid groups (broad SMARTS) is 1. The zero-order valence-corrected chi connectivity index (χ0v) is 12.1. The van der Waals surface area contributed by atoms with Crippen LogP contribution < -0.4 is 5.32 Å². The zero-order chi connectivity index (χ0) is 15.2. The van der Waals surface area contributed by atoms with Crippen molar-refractivity contribution in [2.24, 2.45) is 5.92 Å². The van der Waals surface area contributed by atoms with Crippen molar-refractivity contribution >= 4 is 18.0 Å². The van der Waals surface area contributed by atoms with Crippen molar-refractivity contribution in [2.75, 3.05) is 0 Å². The predicted molar refractivity (Wildman–Crippen MR) is 79.8 cm³/mol. The van der Waals surface area contributed by atoms with Gasteiger partial charge in [0.1, 0.15) is 0 Å². The highest BCUT2D eigenvalue weighted by atomic mass is 16.4. The number of aromatic nitrogens is 1. The van der Waals surface area contributed by atoms with Crippen molar-refractivity contribution in [1.29, 1.82) is 0 Å². The highest BCUT2D eigenvalue weighted by Gasteiger charge is 2.25. The Hall–Kier alpha value is -2.17. The maximum atomic E-state index is 12.2. The quantitative estimate of drug-likeness (QED) is 0.755. The minimum absolute atomic E-state index is 0.152. The fourth-order valence-electron chi connectivity index (χ4n) is 2.19. The molecule has 112 valence electrons. The molecule has 1 unspecified atom stereocenters. The van der Waals surface area contributed by atoms with Crippen LogP contribution in [0.3, 0.4) is 0 Å². The topological polar surface area (TPSA) is 79.3 Å². The van der Waals surface area contributed by atoms with Gasteiger partial charge < -0.3 is 10.4 Å². The number of rotatable bonds is 7. The van der Waals surface area contributed by atoms with Crippen molar-refractivity contribution in [3.8, 4) is 0 Å². The average molecular weight is 288 g/mol. The van der Waals surface area contributed by atoms with E-state index in [9.17, 15) is 9.59 Å². The van der Waals surface area contributed by atoms with E-state index in [-0.39, 0.29) is 11.9 Å². The second kappa shape index (κ2) is 7.02. The molecule has 1 fully saturated rings. The first-order valence-electron chi connectivity index (χ1n) is 7.25.